The predicted octanol–water partition coefficient (Wildman–Crippen LogP) is -2.13. The number of ether oxygens (including phenoxy) is 1. The van der Waals surface area contributed by atoms with Gasteiger partial charge in [0.1, 0.15) is 18.4 Å². The second kappa shape index (κ2) is 10.2. The summed E-state index contributed by atoms with van der Waals surface area (Å²) in [6, 6.07) is -0.397. The van der Waals surface area contributed by atoms with E-state index < -0.39 is 12.2 Å². The van der Waals surface area contributed by atoms with Crippen LogP contribution in [0.3, 0.4) is 0 Å². The van der Waals surface area contributed by atoms with Crippen LogP contribution < -0.4 is 16.0 Å². The lowest BCUT2D eigenvalue weighted by molar-refractivity contribution is -0.717. The Hall–Kier alpha value is -0.970. The molecule has 0 spiro atoms. The Balaban J connectivity index is 1.55. The second-order valence-electron chi connectivity index (χ2n) is 8.55. The molecule has 6 N–H and O–H groups in total. The minimum atomic E-state index is -0.752. The van der Waals surface area contributed by atoms with Crippen molar-refractivity contribution in [1.82, 2.24) is 20.4 Å². The Kier molecular flexibility index (Phi) is 7.90. The van der Waals surface area contributed by atoms with E-state index in [1.54, 1.807) is 0 Å². The first-order valence-electron chi connectivity index (χ1n) is 10.8. The molecule has 162 valence electrons. The zero-order valence-electron chi connectivity index (χ0n) is 17.2. The topological polar surface area (TPSA) is 114 Å². The number of nitrogens with two attached hydrogens (primary N) is 1. The predicted molar refractivity (Wildman–Crippen MR) is 105 cm³/mol. The minimum absolute atomic E-state index is 0.0562. The van der Waals surface area contributed by atoms with Crippen LogP contribution in [0.25, 0.3) is 0 Å². The van der Waals surface area contributed by atoms with Crippen LogP contribution in [0.4, 0.5) is 4.79 Å². The number of aliphatic hydroxyl groups excluding tert-OH is 2. The van der Waals surface area contributed by atoms with E-state index in [1.807, 2.05) is 13.8 Å². The van der Waals surface area contributed by atoms with Gasteiger partial charge in [0.15, 0.2) is 0 Å². The summed E-state index contributed by atoms with van der Waals surface area (Å²) in [7, 11) is 0. The zero-order valence-corrected chi connectivity index (χ0v) is 17.2. The number of piperidine rings is 1. The lowest BCUT2D eigenvalue weighted by Crippen LogP contribution is -2.95. The van der Waals surface area contributed by atoms with Crippen molar-refractivity contribution in [2.75, 3.05) is 45.9 Å². The monoisotopic (exact) mass is 400 g/mol. The highest BCUT2D eigenvalue weighted by Gasteiger charge is 2.47. The first kappa shape index (κ1) is 21.7. The van der Waals surface area contributed by atoms with Gasteiger partial charge >= 0.3 is 6.03 Å². The maximum Gasteiger partial charge on any atom is 0.315 e. The fourth-order valence-electron chi connectivity index (χ4n) is 4.73. The molecular formula is C19H38N5O4+. The summed E-state index contributed by atoms with van der Waals surface area (Å²) in [5.41, 5.74) is 0. The van der Waals surface area contributed by atoms with E-state index in [-0.39, 0.29) is 30.8 Å². The molecule has 0 bridgehead atoms. The average Bonchev–Trinajstić information content (AvgIpc) is 3.02. The molecule has 3 saturated heterocycles. The van der Waals surface area contributed by atoms with Crippen molar-refractivity contribution in [3.8, 4) is 0 Å². The number of piperazine rings is 1. The fraction of sp³-hybridized carbons (Fsp3) is 0.947. The Morgan fingerprint density at radius 2 is 1.89 bits per heavy atom. The van der Waals surface area contributed by atoms with Crippen molar-refractivity contribution in [2.45, 2.75) is 69.7 Å². The van der Waals surface area contributed by atoms with Gasteiger partial charge in [0, 0.05) is 45.2 Å². The summed E-state index contributed by atoms with van der Waals surface area (Å²) in [4.78, 5) is 16.7. The van der Waals surface area contributed by atoms with Crippen LogP contribution in [0, 0.1) is 0 Å². The molecule has 1 unspecified atom stereocenters. The third-order valence-corrected chi connectivity index (χ3v) is 6.16. The zero-order chi connectivity index (χ0) is 20.1. The van der Waals surface area contributed by atoms with Crippen molar-refractivity contribution in [1.29, 1.82) is 0 Å². The number of aliphatic hydroxyl groups is 2. The van der Waals surface area contributed by atoms with Crippen molar-refractivity contribution in [3.05, 3.63) is 0 Å². The van der Waals surface area contributed by atoms with Crippen LogP contribution in [-0.4, -0.2) is 108 Å². The quantitative estimate of drug-likeness (QED) is 0.348. The first-order chi connectivity index (χ1) is 13.5. The molecule has 0 saturated carbocycles. The molecule has 9 heteroatoms. The van der Waals surface area contributed by atoms with Gasteiger partial charge in [-0.2, -0.15) is 0 Å². The maximum absolute atomic E-state index is 11.9. The van der Waals surface area contributed by atoms with Gasteiger partial charge in [0.2, 0.25) is 0 Å². The summed E-state index contributed by atoms with van der Waals surface area (Å²) >= 11 is 0. The highest BCUT2D eigenvalue weighted by atomic mass is 16.5. The summed E-state index contributed by atoms with van der Waals surface area (Å²) < 4.78 is 5.88. The number of rotatable bonds is 6. The van der Waals surface area contributed by atoms with Gasteiger partial charge in [0.05, 0.1) is 25.3 Å². The van der Waals surface area contributed by atoms with Crippen molar-refractivity contribution >= 4 is 6.03 Å². The molecule has 3 rings (SSSR count). The lowest BCUT2D eigenvalue weighted by Gasteiger charge is -2.42. The third-order valence-electron chi connectivity index (χ3n) is 6.16. The van der Waals surface area contributed by atoms with Gasteiger partial charge < -0.3 is 30.9 Å². The van der Waals surface area contributed by atoms with Crippen LogP contribution in [0.5, 0.6) is 0 Å². The van der Waals surface area contributed by atoms with E-state index in [9.17, 15) is 15.0 Å². The SMILES string of the molecule is CC(C)NC(=O)NC[C@@H]1O[C@@H](CO)[C@@H](O)[C@H]1N1CCN(C2CCCC[NH2+]2)CC1. The fourth-order valence-corrected chi connectivity index (χ4v) is 4.73. The number of carbonyl (C=O) groups excluding carboxylic acids is 1. The van der Waals surface area contributed by atoms with Gasteiger partial charge in [0.25, 0.3) is 0 Å². The van der Waals surface area contributed by atoms with Crippen molar-refractivity contribution in [2.24, 2.45) is 0 Å². The summed E-state index contributed by atoms with van der Waals surface area (Å²) in [5.74, 6) is 0. The standard InChI is InChI=1S/C19H37N5O4/c1-13(2)22-19(27)21-11-14-17(18(26)15(12-25)28-14)24-9-7-23(8-10-24)16-5-3-4-6-20-16/h13-18,20,25-26H,3-12H2,1-2H3,(H2,21,22,27)/p+1/t14-,15-,16?,17-,18+/m0/s1. The van der Waals surface area contributed by atoms with Gasteiger partial charge in [-0.1, -0.05) is 0 Å². The molecule has 28 heavy (non-hydrogen) atoms. The Bertz CT molecular complexity index is 495. The van der Waals surface area contributed by atoms with Gasteiger partial charge in [-0.3, -0.25) is 9.80 Å². The van der Waals surface area contributed by atoms with Crippen molar-refractivity contribution in [3.63, 3.8) is 0 Å². The summed E-state index contributed by atoms with van der Waals surface area (Å²) in [6.45, 7) is 8.79. The molecule has 3 fully saturated rings. The Morgan fingerprint density at radius 3 is 2.50 bits per heavy atom. The number of urea groups is 1. The van der Waals surface area contributed by atoms with Crippen LogP contribution in [-0.2, 0) is 4.74 Å². The molecule has 0 aromatic carbocycles. The average molecular weight is 401 g/mol. The molecule has 9 nitrogen and oxygen atoms in total. The summed E-state index contributed by atoms with van der Waals surface area (Å²) in [6.07, 6.45) is 2.76. The largest absolute Gasteiger partial charge is 0.394 e. The van der Waals surface area contributed by atoms with Crippen LogP contribution in [0.15, 0.2) is 0 Å². The highest BCUT2D eigenvalue weighted by Crippen LogP contribution is 2.27. The number of nitrogens with one attached hydrogen (secondary N) is 2. The molecule has 0 aromatic heterocycles. The Morgan fingerprint density at radius 1 is 1.18 bits per heavy atom. The van der Waals surface area contributed by atoms with Gasteiger partial charge in [-0.25, -0.2) is 4.79 Å². The van der Waals surface area contributed by atoms with Crippen LogP contribution in [0.2, 0.25) is 0 Å². The molecular weight excluding hydrogens is 362 g/mol. The second-order valence-corrected chi connectivity index (χ2v) is 8.55. The number of quaternary nitrogens is 1. The van der Waals surface area contributed by atoms with Gasteiger partial charge in [-0.05, 0) is 26.7 Å². The number of amides is 2. The van der Waals surface area contributed by atoms with Crippen LogP contribution in [0.1, 0.15) is 33.1 Å². The molecule has 3 heterocycles. The first-order valence-corrected chi connectivity index (χ1v) is 10.8. The summed E-state index contributed by atoms with van der Waals surface area (Å²) in [5, 5.41) is 28.4. The highest BCUT2D eigenvalue weighted by molar-refractivity contribution is 5.74. The number of hydrogen-bond acceptors (Lipinski definition) is 6. The van der Waals surface area contributed by atoms with E-state index >= 15 is 0 Å². The van der Waals surface area contributed by atoms with Crippen LogP contribution >= 0.6 is 0 Å². The normalized spacial score (nSPS) is 35.2. The Labute approximate surface area is 167 Å². The molecule has 0 aromatic rings. The molecule has 5 atom stereocenters. The molecule has 3 aliphatic heterocycles. The third kappa shape index (κ3) is 5.34. The maximum atomic E-state index is 11.9. The minimum Gasteiger partial charge on any atom is -0.394 e. The van der Waals surface area contributed by atoms with Gasteiger partial charge in [-0.15, -0.1) is 0 Å². The smallest absolute Gasteiger partial charge is 0.315 e. The molecule has 0 aliphatic carbocycles. The molecule has 2 amide bonds. The molecule has 0 radical (unpaired) electrons. The van der Waals surface area contributed by atoms with E-state index in [0.717, 1.165) is 26.2 Å². The number of hydrogen-bond donors (Lipinski definition) is 5. The molecule has 3 aliphatic rings. The number of nitrogens with zero attached hydrogens (tertiary/aromatic N) is 2. The van der Waals surface area contributed by atoms with Crippen molar-refractivity contribution < 1.29 is 25.1 Å². The number of carbonyl (C=O) groups is 1. The van der Waals surface area contributed by atoms with E-state index in [1.165, 1.54) is 25.8 Å². The lowest BCUT2D eigenvalue weighted by atomic mass is 10.0. The van der Waals surface area contributed by atoms with E-state index in [4.69, 9.17) is 4.74 Å². The van der Waals surface area contributed by atoms with E-state index in [2.05, 4.69) is 25.8 Å². The van der Waals surface area contributed by atoms with E-state index in [0.29, 0.717) is 12.7 Å².